The fraction of sp³-hybridized carbons (Fsp3) is 0.261. The second-order valence-corrected chi connectivity index (χ2v) is 7.14. The van der Waals surface area contributed by atoms with Gasteiger partial charge in [-0.2, -0.15) is 0 Å². The molecule has 1 N–H and O–H groups in total. The molecule has 0 fully saturated rings. The first kappa shape index (κ1) is 20.3. The van der Waals surface area contributed by atoms with Crippen molar-refractivity contribution >= 4 is 11.8 Å². The minimum atomic E-state index is -0.358. The number of nitrogens with zero attached hydrogens (tertiary/aromatic N) is 2. The van der Waals surface area contributed by atoms with Crippen molar-refractivity contribution in [2.45, 2.75) is 26.8 Å². The molecule has 2 amide bonds. The Kier molecular flexibility index (Phi) is 6.44. The normalized spacial score (nSPS) is 10.6. The maximum absolute atomic E-state index is 12.3. The summed E-state index contributed by atoms with van der Waals surface area (Å²) in [6.45, 7) is 4.76. The highest BCUT2D eigenvalue weighted by Gasteiger charge is 2.16. The Bertz CT molecular complexity index is 996. The van der Waals surface area contributed by atoms with Gasteiger partial charge in [-0.1, -0.05) is 53.2 Å². The van der Waals surface area contributed by atoms with E-state index in [0.717, 1.165) is 22.3 Å². The first-order valence-electron chi connectivity index (χ1n) is 9.54. The van der Waals surface area contributed by atoms with Gasteiger partial charge in [-0.05, 0) is 31.0 Å². The summed E-state index contributed by atoms with van der Waals surface area (Å²) >= 11 is 0. The van der Waals surface area contributed by atoms with Gasteiger partial charge in [-0.15, -0.1) is 0 Å². The molecule has 6 nitrogen and oxygen atoms in total. The van der Waals surface area contributed by atoms with Crippen LogP contribution in [0.2, 0.25) is 0 Å². The van der Waals surface area contributed by atoms with Gasteiger partial charge in [0.05, 0.1) is 0 Å². The van der Waals surface area contributed by atoms with Crippen LogP contribution in [-0.2, 0) is 11.3 Å². The molecule has 150 valence electrons. The van der Waals surface area contributed by atoms with E-state index in [1.165, 1.54) is 0 Å². The van der Waals surface area contributed by atoms with Crippen LogP contribution in [0, 0.1) is 13.8 Å². The predicted octanol–water partition coefficient (Wildman–Crippen LogP) is 3.74. The Balaban J connectivity index is 1.51. The van der Waals surface area contributed by atoms with Gasteiger partial charge in [0.25, 0.3) is 5.91 Å². The van der Waals surface area contributed by atoms with Crippen LogP contribution in [0.15, 0.2) is 59.1 Å². The average Bonchev–Trinajstić information content (AvgIpc) is 3.20. The van der Waals surface area contributed by atoms with Gasteiger partial charge in [0.15, 0.2) is 11.5 Å². The van der Waals surface area contributed by atoms with Gasteiger partial charge in [-0.3, -0.25) is 9.59 Å². The molecule has 0 saturated heterocycles. The summed E-state index contributed by atoms with van der Waals surface area (Å²) in [6.07, 6.45) is 0.219. The van der Waals surface area contributed by atoms with Crippen molar-refractivity contribution in [3.63, 3.8) is 0 Å². The Hall–Kier alpha value is -3.41. The van der Waals surface area contributed by atoms with Crippen molar-refractivity contribution in [1.29, 1.82) is 0 Å². The molecule has 0 aliphatic heterocycles. The lowest BCUT2D eigenvalue weighted by molar-refractivity contribution is -0.130. The molecule has 0 bridgehead atoms. The van der Waals surface area contributed by atoms with E-state index in [-0.39, 0.29) is 30.5 Å². The van der Waals surface area contributed by atoms with Crippen molar-refractivity contribution in [1.82, 2.24) is 15.4 Å². The second kappa shape index (κ2) is 9.19. The van der Waals surface area contributed by atoms with Crippen LogP contribution in [0.3, 0.4) is 0 Å². The Morgan fingerprint density at radius 2 is 1.83 bits per heavy atom. The van der Waals surface area contributed by atoms with Crippen molar-refractivity contribution in [3.8, 4) is 11.3 Å². The number of carbonyl (C=O) groups excluding carboxylic acids is 2. The maximum atomic E-state index is 12.3. The van der Waals surface area contributed by atoms with Crippen molar-refractivity contribution < 1.29 is 14.1 Å². The summed E-state index contributed by atoms with van der Waals surface area (Å²) in [5, 5.41) is 6.60. The van der Waals surface area contributed by atoms with E-state index in [1.54, 1.807) is 18.0 Å². The number of carbonyl (C=O) groups is 2. The van der Waals surface area contributed by atoms with Gasteiger partial charge in [0.1, 0.15) is 0 Å². The zero-order valence-corrected chi connectivity index (χ0v) is 16.9. The fourth-order valence-corrected chi connectivity index (χ4v) is 3.02. The molecule has 29 heavy (non-hydrogen) atoms. The molecule has 0 unspecified atom stereocenters. The standard InChI is InChI=1S/C23H25N3O3/c1-16-9-10-17(2)19(13-16)21-14-20(25-29-21)23(28)24-12-11-22(27)26(3)15-18-7-5-4-6-8-18/h4-10,13-14H,11-12,15H2,1-3H3,(H,24,28). The van der Waals surface area contributed by atoms with Gasteiger partial charge in [0.2, 0.25) is 5.91 Å². The van der Waals surface area contributed by atoms with E-state index in [2.05, 4.69) is 10.5 Å². The van der Waals surface area contributed by atoms with Gasteiger partial charge >= 0.3 is 0 Å². The van der Waals surface area contributed by atoms with Gasteiger partial charge in [0, 0.05) is 38.2 Å². The molecular weight excluding hydrogens is 366 g/mol. The van der Waals surface area contributed by atoms with Crippen LogP contribution < -0.4 is 5.32 Å². The Labute approximate surface area is 170 Å². The molecule has 1 aromatic heterocycles. The van der Waals surface area contributed by atoms with Crippen LogP contribution >= 0.6 is 0 Å². The minimum Gasteiger partial charge on any atom is -0.355 e. The number of aromatic nitrogens is 1. The molecule has 0 radical (unpaired) electrons. The number of benzene rings is 2. The molecule has 0 saturated carbocycles. The topological polar surface area (TPSA) is 75.4 Å². The van der Waals surface area contributed by atoms with Crippen molar-refractivity contribution in [3.05, 3.63) is 77.0 Å². The highest BCUT2D eigenvalue weighted by atomic mass is 16.5. The fourth-order valence-electron chi connectivity index (χ4n) is 3.02. The summed E-state index contributed by atoms with van der Waals surface area (Å²) in [7, 11) is 1.76. The molecule has 2 aromatic carbocycles. The van der Waals surface area contributed by atoms with E-state index in [0.29, 0.717) is 12.3 Å². The summed E-state index contributed by atoms with van der Waals surface area (Å²) < 4.78 is 5.35. The summed E-state index contributed by atoms with van der Waals surface area (Å²) in [6, 6.07) is 17.4. The van der Waals surface area contributed by atoms with Crippen LogP contribution in [0.1, 0.15) is 33.6 Å². The van der Waals surface area contributed by atoms with Gasteiger partial charge in [-0.25, -0.2) is 0 Å². The highest BCUT2D eigenvalue weighted by molar-refractivity contribution is 5.93. The SMILES string of the molecule is Cc1ccc(C)c(-c2cc(C(=O)NCCC(=O)N(C)Cc3ccccc3)no2)c1. The van der Waals surface area contributed by atoms with E-state index < -0.39 is 0 Å². The number of hydrogen-bond acceptors (Lipinski definition) is 4. The predicted molar refractivity (Wildman–Crippen MR) is 111 cm³/mol. The zero-order chi connectivity index (χ0) is 20.8. The summed E-state index contributed by atoms with van der Waals surface area (Å²) in [5.41, 5.74) is 4.33. The molecule has 6 heteroatoms. The average molecular weight is 391 g/mol. The van der Waals surface area contributed by atoms with Crippen molar-refractivity contribution in [2.24, 2.45) is 0 Å². The second-order valence-electron chi connectivity index (χ2n) is 7.14. The highest BCUT2D eigenvalue weighted by Crippen LogP contribution is 2.25. The van der Waals surface area contributed by atoms with Gasteiger partial charge < -0.3 is 14.7 Å². The lowest BCUT2D eigenvalue weighted by Crippen LogP contribution is -2.32. The number of nitrogens with one attached hydrogen (secondary N) is 1. The van der Waals surface area contributed by atoms with E-state index in [9.17, 15) is 9.59 Å². The van der Waals surface area contributed by atoms with E-state index >= 15 is 0 Å². The third-order valence-corrected chi connectivity index (χ3v) is 4.71. The number of amides is 2. The third kappa shape index (κ3) is 5.31. The molecule has 0 atom stereocenters. The summed E-state index contributed by atoms with van der Waals surface area (Å²) in [5.74, 6) is 0.157. The van der Waals surface area contributed by atoms with Crippen LogP contribution in [0.5, 0.6) is 0 Å². The summed E-state index contributed by atoms with van der Waals surface area (Å²) in [4.78, 5) is 26.2. The molecule has 0 aliphatic carbocycles. The minimum absolute atomic E-state index is 0.0367. The monoisotopic (exact) mass is 391 g/mol. The van der Waals surface area contributed by atoms with E-state index in [1.807, 2.05) is 62.4 Å². The molecule has 3 rings (SSSR count). The van der Waals surface area contributed by atoms with Crippen LogP contribution in [0.4, 0.5) is 0 Å². The van der Waals surface area contributed by atoms with Crippen LogP contribution in [0.25, 0.3) is 11.3 Å². The first-order valence-corrected chi connectivity index (χ1v) is 9.54. The Morgan fingerprint density at radius 1 is 1.07 bits per heavy atom. The first-order chi connectivity index (χ1) is 13.9. The zero-order valence-electron chi connectivity index (χ0n) is 16.9. The Morgan fingerprint density at radius 3 is 2.59 bits per heavy atom. The molecular formula is C23H25N3O3. The van der Waals surface area contributed by atoms with Crippen molar-refractivity contribution in [2.75, 3.05) is 13.6 Å². The molecule has 0 spiro atoms. The lowest BCUT2D eigenvalue weighted by Gasteiger charge is -2.17. The molecule has 1 heterocycles. The quantitative estimate of drug-likeness (QED) is 0.666. The molecule has 3 aromatic rings. The number of hydrogen-bond donors (Lipinski definition) is 1. The lowest BCUT2D eigenvalue weighted by atomic mass is 10.0. The van der Waals surface area contributed by atoms with Crippen LogP contribution in [-0.4, -0.2) is 35.5 Å². The maximum Gasteiger partial charge on any atom is 0.273 e. The third-order valence-electron chi connectivity index (χ3n) is 4.71. The van der Waals surface area contributed by atoms with E-state index in [4.69, 9.17) is 4.52 Å². The molecule has 0 aliphatic rings. The number of rotatable bonds is 7. The number of aryl methyl sites for hydroxylation is 2. The smallest absolute Gasteiger partial charge is 0.273 e. The largest absolute Gasteiger partial charge is 0.355 e.